The summed E-state index contributed by atoms with van der Waals surface area (Å²) in [7, 11) is 1.59. The third-order valence-corrected chi connectivity index (χ3v) is 3.12. The van der Waals surface area contributed by atoms with Gasteiger partial charge in [-0.1, -0.05) is 15.9 Å². The van der Waals surface area contributed by atoms with E-state index >= 15 is 0 Å². The van der Waals surface area contributed by atoms with Crippen LogP contribution in [0.15, 0.2) is 40.9 Å². The molecular formula is C14H12BrN3O. The molecule has 96 valence electrons. The first kappa shape index (κ1) is 13.2. The smallest absolute Gasteiger partial charge is 0.121 e. The van der Waals surface area contributed by atoms with E-state index in [-0.39, 0.29) is 0 Å². The highest BCUT2D eigenvalue weighted by Gasteiger charge is 2.06. The van der Waals surface area contributed by atoms with E-state index in [1.54, 1.807) is 19.2 Å². The van der Waals surface area contributed by atoms with Crippen LogP contribution in [0.1, 0.15) is 5.56 Å². The van der Waals surface area contributed by atoms with Crippen LogP contribution in [0.25, 0.3) is 0 Å². The molecular weight excluding hydrogens is 306 g/mol. The van der Waals surface area contributed by atoms with Crippen molar-refractivity contribution in [2.24, 2.45) is 0 Å². The first-order valence-corrected chi connectivity index (χ1v) is 6.33. The van der Waals surface area contributed by atoms with Gasteiger partial charge in [0.25, 0.3) is 0 Å². The van der Waals surface area contributed by atoms with Crippen LogP contribution in [-0.2, 0) is 0 Å². The van der Waals surface area contributed by atoms with Crippen LogP contribution in [0, 0.1) is 11.3 Å². The summed E-state index contributed by atoms with van der Waals surface area (Å²) < 4.78 is 5.95. The lowest BCUT2D eigenvalue weighted by Crippen LogP contribution is -1.98. The van der Waals surface area contributed by atoms with Crippen molar-refractivity contribution in [2.75, 3.05) is 18.2 Å². The average molecular weight is 318 g/mol. The number of methoxy groups -OCH3 is 1. The maximum atomic E-state index is 9.11. The second-order valence-electron chi connectivity index (χ2n) is 3.88. The van der Waals surface area contributed by atoms with Gasteiger partial charge in [0.2, 0.25) is 0 Å². The molecule has 0 saturated heterocycles. The van der Waals surface area contributed by atoms with Gasteiger partial charge in [-0.2, -0.15) is 5.26 Å². The molecule has 0 aromatic heterocycles. The Morgan fingerprint density at radius 1 is 1.21 bits per heavy atom. The summed E-state index contributed by atoms with van der Waals surface area (Å²) in [6.45, 7) is 0. The molecule has 0 radical (unpaired) electrons. The minimum absolute atomic E-state index is 0.546. The number of nitrogens with two attached hydrogens (primary N) is 1. The zero-order valence-corrected chi connectivity index (χ0v) is 11.9. The summed E-state index contributed by atoms with van der Waals surface area (Å²) >= 11 is 3.34. The van der Waals surface area contributed by atoms with Gasteiger partial charge in [-0.25, -0.2) is 0 Å². The van der Waals surface area contributed by atoms with Crippen LogP contribution in [0.4, 0.5) is 17.1 Å². The number of nitriles is 1. The molecule has 19 heavy (non-hydrogen) atoms. The van der Waals surface area contributed by atoms with E-state index < -0.39 is 0 Å². The summed E-state index contributed by atoms with van der Waals surface area (Å²) in [6, 6.07) is 12.9. The third-order valence-electron chi connectivity index (χ3n) is 2.63. The van der Waals surface area contributed by atoms with E-state index in [0.717, 1.165) is 10.2 Å². The molecule has 3 N–H and O–H groups in total. The number of nitrogens with zero attached hydrogens (tertiary/aromatic N) is 1. The molecule has 0 aliphatic rings. The monoisotopic (exact) mass is 317 g/mol. The minimum atomic E-state index is 0.546. The largest absolute Gasteiger partial charge is 0.497 e. The molecule has 0 amide bonds. The van der Waals surface area contributed by atoms with Crippen molar-refractivity contribution in [2.45, 2.75) is 0 Å². The lowest BCUT2D eigenvalue weighted by molar-refractivity contribution is 0.415. The van der Waals surface area contributed by atoms with Crippen LogP contribution in [0.3, 0.4) is 0 Å². The highest BCUT2D eigenvalue weighted by atomic mass is 79.9. The molecule has 0 unspecified atom stereocenters. The van der Waals surface area contributed by atoms with Gasteiger partial charge in [-0.05, 0) is 30.3 Å². The average Bonchev–Trinajstić information content (AvgIpc) is 2.42. The SMILES string of the molecule is COc1ccc(Nc2ccc(Br)cc2C#N)c(N)c1. The van der Waals surface area contributed by atoms with Crippen molar-refractivity contribution in [3.63, 3.8) is 0 Å². The van der Waals surface area contributed by atoms with Crippen molar-refractivity contribution < 1.29 is 4.74 Å². The van der Waals surface area contributed by atoms with E-state index in [1.807, 2.05) is 24.3 Å². The number of hydrogen-bond donors (Lipinski definition) is 2. The molecule has 5 heteroatoms. The van der Waals surface area contributed by atoms with Gasteiger partial charge in [0, 0.05) is 10.5 Å². The minimum Gasteiger partial charge on any atom is -0.497 e. The van der Waals surface area contributed by atoms with Crippen molar-refractivity contribution in [1.29, 1.82) is 5.26 Å². The number of halogens is 1. The first-order chi connectivity index (χ1) is 9.13. The van der Waals surface area contributed by atoms with Crippen LogP contribution in [-0.4, -0.2) is 7.11 Å². The van der Waals surface area contributed by atoms with Gasteiger partial charge in [0.15, 0.2) is 0 Å². The molecule has 0 spiro atoms. The number of anilines is 3. The Balaban J connectivity index is 2.34. The lowest BCUT2D eigenvalue weighted by Gasteiger charge is -2.12. The summed E-state index contributed by atoms with van der Waals surface area (Å²) in [4.78, 5) is 0. The second kappa shape index (κ2) is 5.63. The zero-order chi connectivity index (χ0) is 13.8. The summed E-state index contributed by atoms with van der Waals surface area (Å²) in [5.41, 5.74) is 8.49. The van der Waals surface area contributed by atoms with Crippen molar-refractivity contribution in [3.05, 3.63) is 46.4 Å². The van der Waals surface area contributed by atoms with Gasteiger partial charge in [-0.3, -0.25) is 0 Å². The quantitative estimate of drug-likeness (QED) is 0.847. The molecule has 0 aliphatic carbocycles. The van der Waals surface area contributed by atoms with E-state index in [0.29, 0.717) is 22.7 Å². The number of hydrogen-bond acceptors (Lipinski definition) is 4. The molecule has 2 rings (SSSR count). The van der Waals surface area contributed by atoms with E-state index in [9.17, 15) is 0 Å². The van der Waals surface area contributed by atoms with Gasteiger partial charge >= 0.3 is 0 Å². The van der Waals surface area contributed by atoms with E-state index in [2.05, 4.69) is 27.3 Å². The normalized spacial score (nSPS) is 9.74. The zero-order valence-electron chi connectivity index (χ0n) is 10.3. The molecule has 0 aliphatic heterocycles. The molecule has 2 aromatic rings. The van der Waals surface area contributed by atoms with Crippen LogP contribution in [0.2, 0.25) is 0 Å². The van der Waals surface area contributed by atoms with Gasteiger partial charge in [0.05, 0.1) is 29.7 Å². The lowest BCUT2D eigenvalue weighted by atomic mass is 10.1. The Kier molecular flexibility index (Phi) is 3.93. The van der Waals surface area contributed by atoms with Crippen molar-refractivity contribution in [3.8, 4) is 11.8 Å². The maximum absolute atomic E-state index is 9.11. The highest BCUT2D eigenvalue weighted by Crippen LogP contribution is 2.29. The standard InChI is InChI=1S/C14H12BrN3O/c1-19-11-3-5-14(12(17)7-11)18-13-4-2-10(15)6-9(13)8-16/h2-7,18H,17H2,1H3. The van der Waals surface area contributed by atoms with Crippen LogP contribution in [0.5, 0.6) is 5.75 Å². The molecule has 0 bridgehead atoms. The Morgan fingerprint density at radius 3 is 2.58 bits per heavy atom. The molecule has 0 atom stereocenters. The molecule has 0 saturated carbocycles. The number of rotatable bonds is 3. The van der Waals surface area contributed by atoms with Crippen LogP contribution >= 0.6 is 15.9 Å². The summed E-state index contributed by atoms with van der Waals surface area (Å²) in [5, 5.41) is 12.3. The second-order valence-corrected chi connectivity index (χ2v) is 4.80. The topological polar surface area (TPSA) is 71.1 Å². The number of nitrogen functional groups attached to an aromatic ring is 1. The fourth-order valence-corrected chi connectivity index (χ4v) is 2.01. The molecule has 0 fully saturated rings. The number of benzene rings is 2. The predicted octanol–water partition coefficient (Wildman–Crippen LogP) is 3.66. The Hall–Kier alpha value is -2.19. The Bertz CT molecular complexity index is 650. The first-order valence-electron chi connectivity index (χ1n) is 5.54. The predicted molar refractivity (Wildman–Crippen MR) is 79.5 cm³/mol. The Morgan fingerprint density at radius 2 is 1.95 bits per heavy atom. The van der Waals surface area contributed by atoms with Gasteiger partial charge in [-0.15, -0.1) is 0 Å². The van der Waals surface area contributed by atoms with Gasteiger partial charge in [0.1, 0.15) is 11.8 Å². The van der Waals surface area contributed by atoms with Crippen molar-refractivity contribution in [1.82, 2.24) is 0 Å². The van der Waals surface area contributed by atoms with Crippen molar-refractivity contribution >= 4 is 33.0 Å². The summed E-state index contributed by atoms with van der Waals surface area (Å²) in [5.74, 6) is 0.694. The fraction of sp³-hybridized carbons (Fsp3) is 0.0714. The molecule has 4 nitrogen and oxygen atoms in total. The molecule has 2 aromatic carbocycles. The number of ether oxygens (including phenoxy) is 1. The van der Waals surface area contributed by atoms with E-state index in [1.165, 1.54) is 0 Å². The fourth-order valence-electron chi connectivity index (χ4n) is 1.64. The van der Waals surface area contributed by atoms with Crippen LogP contribution < -0.4 is 15.8 Å². The Labute approximate surface area is 119 Å². The van der Waals surface area contributed by atoms with E-state index in [4.69, 9.17) is 15.7 Å². The third kappa shape index (κ3) is 2.98. The maximum Gasteiger partial charge on any atom is 0.121 e. The molecule has 0 heterocycles. The summed E-state index contributed by atoms with van der Waals surface area (Å²) in [6.07, 6.45) is 0. The number of nitrogens with one attached hydrogen (secondary N) is 1. The van der Waals surface area contributed by atoms with Gasteiger partial charge < -0.3 is 15.8 Å². The highest BCUT2D eigenvalue weighted by molar-refractivity contribution is 9.10.